The van der Waals surface area contributed by atoms with Crippen molar-refractivity contribution in [2.45, 2.75) is 6.10 Å². The lowest BCUT2D eigenvalue weighted by molar-refractivity contribution is 0.142. The highest BCUT2D eigenvalue weighted by Crippen LogP contribution is 2.18. The first-order valence-electron chi connectivity index (χ1n) is 3.98. The molecule has 0 bridgehead atoms. The van der Waals surface area contributed by atoms with E-state index in [2.05, 4.69) is 10.2 Å². The van der Waals surface area contributed by atoms with Crippen LogP contribution in [0.3, 0.4) is 0 Å². The summed E-state index contributed by atoms with van der Waals surface area (Å²) in [4.78, 5) is 0. The van der Waals surface area contributed by atoms with Crippen LogP contribution in [-0.2, 0) is 0 Å². The number of fused-ring (bicyclic) bond motifs is 1. The molecule has 0 saturated heterocycles. The summed E-state index contributed by atoms with van der Waals surface area (Å²) in [6, 6.07) is 5.18. The van der Waals surface area contributed by atoms with Crippen molar-refractivity contribution in [2.75, 3.05) is 6.67 Å². The molecule has 3 nitrogen and oxygen atoms in total. The van der Waals surface area contributed by atoms with Crippen molar-refractivity contribution in [3.63, 3.8) is 0 Å². The molecule has 13 heavy (non-hydrogen) atoms. The summed E-state index contributed by atoms with van der Waals surface area (Å²) in [5, 5.41) is 16.7. The van der Waals surface area contributed by atoms with Crippen molar-refractivity contribution in [1.29, 1.82) is 0 Å². The zero-order valence-corrected chi connectivity index (χ0v) is 6.87. The highest BCUT2D eigenvalue weighted by atomic mass is 19.1. The van der Waals surface area contributed by atoms with E-state index < -0.39 is 12.8 Å². The predicted octanol–water partition coefficient (Wildman–Crippen LogP) is 1.57. The fourth-order valence-electron chi connectivity index (χ4n) is 1.26. The second-order valence-corrected chi connectivity index (χ2v) is 2.89. The van der Waals surface area contributed by atoms with Gasteiger partial charge >= 0.3 is 0 Å². The van der Waals surface area contributed by atoms with Crippen molar-refractivity contribution in [2.24, 2.45) is 0 Å². The van der Waals surface area contributed by atoms with Gasteiger partial charge < -0.3 is 5.11 Å². The number of rotatable bonds is 2. The highest BCUT2D eigenvalue weighted by Gasteiger charge is 2.07. The molecular weight excluding hydrogens is 171 g/mol. The van der Waals surface area contributed by atoms with Crippen molar-refractivity contribution < 1.29 is 9.50 Å². The number of hydrogen-bond donors (Lipinski definition) is 2. The Kier molecular flexibility index (Phi) is 1.98. The summed E-state index contributed by atoms with van der Waals surface area (Å²) < 4.78 is 12.1. The SMILES string of the molecule is OC(CF)c1ccc2[nH]ncc2c1. The third kappa shape index (κ3) is 1.40. The van der Waals surface area contributed by atoms with E-state index in [0.717, 1.165) is 10.9 Å². The van der Waals surface area contributed by atoms with Crippen molar-refractivity contribution in [3.05, 3.63) is 30.0 Å². The Hall–Kier alpha value is -1.42. The largest absolute Gasteiger partial charge is 0.386 e. The zero-order valence-electron chi connectivity index (χ0n) is 6.87. The fraction of sp³-hybridized carbons (Fsp3) is 0.222. The van der Waals surface area contributed by atoms with E-state index in [4.69, 9.17) is 0 Å². The molecule has 0 saturated carbocycles. The van der Waals surface area contributed by atoms with E-state index in [9.17, 15) is 9.50 Å². The molecule has 68 valence electrons. The number of alkyl halides is 1. The molecule has 1 heterocycles. The monoisotopic (exact) mass is 180 g/mol. The Morgan fingerprint density at radius 1 is 1.54 bits per heavy atom. The van der Waals surface area contributed by atoms with Gasteiger partial charge in [-0.05, 0) is 17.7 Å². The first-order chi connectivity index (χ1) is 6.31. The van der Waals surface area contributed by atoms with Crippen LogP contribution in [0.1, 0.15) is 11.7 Å². The average molecular weight is 180 g/mol. The molecule has 0 aliphatic carbocycles. The van der Waals surface area contributed by atoms with Crippen LogP contribution in [0.5, 0.6) is 0 Å². The predicted molar refractivity (Wildman–Crippen MR) is 47.0 cm³/mol. The van der Waals surface area contributed by atoms with Crippen LogP contribution in [-0.4, -0.2) is 22.0 Å². The van der Waals surface area contributed by atoms with E-state index in [0.29, 0.717) is 5.56 Å². The lowest BCUT2D eigenvalue weighted by Crippen LogP contribution is -1.98. The van der Waals surface area contributed by atoms with Crippen molar-refractivity contribution >= 4 is 10.9 Å². The third-order valence-electron chi connectivity index (χ3n) is 2.00. The van der Waals surface area contributed by atoms with Gasteiger partial charge in [-0.3, -0.25) is 5.10 Å². The number of halogens is 1. The van der Waals surface area contributed by atoms with Gasteiger partial charge in [0.05, 0.1) is 11.7 Å². The van der Waals surface area contributed by atoms with Crippen LogP contribution in [0.15, 0.2) is 24.4 Å². The number of nitrogens with one attached hydrogen (secondary N) is 1. The molecule has 2 N–H and O–H groups in total. The quantitative estimate of drug-likeness (QED) is 0.736. The number of aromatic amines is 1. The van der Waals surface area contributed by atoms with Gasteiger partial charge in [0.15, 0.2) is 0 Å². The molecule has 1 aromatic carbocycles. The maximum absolute atomic E-state index is 12.1. The molecule has 1 aromatic heterocycles. The molecule has 0 fully saturated rings. The zero-order chi connectivity index (χ0) is 9.26. The minimum atomic E-state index is -1.03. The second kappa shape index (κ2) is 3.14. The Morgan fingerprint density at radius 2 is 2.38 bits per heavy atom. The van der Waals surface area contributed by atoms with Crippen LogP contribution in [0.2, 0.25) is 0 Å². The van der Waals surface area contributed by atoms with Gasteiger partial charge in [0.1, 0.15) is 12.8 Å². The molecule has 0 aliphatic heterocycles. The molecule has 0 radical (unpaired) electrons. The molecule has 4 heteroatoms. The lowest BCUT2D eigenvalue weighted by Gasteiger charge is -2.05. The van der Waals surface area contributed by atoms with Gasteiger partial charge in [0.2, 0.25) is 0 Å². The van der Waals surface area contributed by atoms with E-state index in [1.165, 1.54) is 0 Å². The van der Waals surface area contributed by atoms with E-state index >= 15 is 0 Å². The van der Waals surface area contributed by atoms with Crippen LogP contribution in [0, 0.1) is 0 Å². The molecule has 2 rings (SSSR count). The van der Waals surface area contributed by atoms with E-state index in [-0.39, 0.29) is 0 Å². The number of aliphatic hydroxyl groups is 1. The van der Waals surface area contributed by atoms with Crippen LogP contribution in [0.25, 0.3) is 10.9 Å². The molecule has 1 atom stereocenters. The van der Waals surface area contributed by atoms with E-state index in [1.54, 1.807) is 24.4 Å². The number of H-pyrrole nitrogens is 1. The van der Waals surface area contributed by atoms with Gasteiger partial charge in [0, 0.05) is 5.39 Å². The Balaban J connectivity index is 2.48. The Morgan fingerprint density at radius 3 is 3.15 bits per heavy atom. The fourth-order valence-corrected chi connectivity index (χ4v) is 1.26. The molecular formula is C9H9FN2O. The summed E-state index contributed by atoms with van der Waals surface area (Å²) in [6.07, 6.45) is 0.614. The summed E-state index contributed by atoms with van der Waals surface area (Å²) in [7, 11) is 0. The van der Waals surface area contributed by atoms with Crippen LogP contribution < -0.4 is 0 Å². The number of benzene rings is 1. The number of aromatic nitrogens is 2. The van der Waals surface area contributed by atoms with Crippen LogP contribution in [0.4, 0.5) is 4.39 Å². The van der Waals surface area contributed by atoms with Gasteiger partial charge in [0.25, 0.3) is 0 Å². The summed E-state index contributed by atoms with van der Waals surface area (Å²) in [5.74, 6) is 0. The maximum atomic E-state index is 12.1. The summed E-state index contributed by atoms with van der Waals surface area (Å²) >= 11 is 0. The average Bonchev–Trinajstić information content (AvgIpc) is 2.63. The van der Waals surface area contributed by atoms with Gasteiger partial charge in [-0.15, -0.1) is 0 Å². The topological polar surface area (TPSA) is 48.9 Å². The molecule has 2 aromatic rings. The maximum Gasteiger partial charge on any atom is 0.119 e. The van der Waals surface area contributed by atoms with Crippen LogP contribution >= 0.6 is 0 Å². The highest BCUT2D eigenvalue weighted by molar-refractivity contribution is 5.78. The van der Waals surface area contributed by atoms with Crippen molar-refractivity contribution in [3.8, 4) is 0 Å². The molecule has 0 aliphatic rings. The smallest absolute Gasteiger partial charge is 0.119 e. The number of nitrogens with zero attached hydrogens (tertiary/aromatic N) is 1. The normalized spacial score (nSPS) is 13.4. The first-order valence-corrected chi connectivity index (χ1v) is 3.98. The number of hydrogen-bond acceptors (Lipinski definition) is 2. The van der Waals surface area contributed by atoms with Gasteiger partial charge in [-0.2, -0.15) is 5.10 Å². The lowest BCUT2D eigenvalue weighted by atomic mass is 10.1. The summed E-state index contributed by atoms with van der Waals surface area (Å²) in [6.45, 7) is -0.761. The molecule has 1 unspecified atom stereocenters. The van der Waals surface area contributed by atoms with Gasteiger partial charge in [-0.25, -0.2) is 4.39 Å². The van der Waals surface area contributed by atoms with E-state index in [1.807, 2.05) is 0 Å². The second-order valence-electron chi connectivity index (χ2n) is 2.89. The Bertz CT molecular complexity index is 413. The molecule has 0 amide bonds. The first kappa shape index (κ1) is 8.19. The Labute approximate surface area is 74.2 Å². The summed E-state index contributed by atoms with van der Waals surface area (Å²) in [5.41, 5.74) is 1.46. The minimum Gasteiger partial charge on any atom is -0.386 e. The van der Waals surface area contributed by atoms with Crippen molar-refractivity contribution in [1.82, 2.24) is 10.2 Å². The molecule has 0 spiro atoms. The standard InChI is InChI=1S/C9H9FN2O/c10-4-9(13)6-1-2-8-7(3-6)5-11-12-8/h1-3,5,9,13H,4H2,(H,11,12). The minimum absolute atomic E-state index is 0.580. The number of aliphatic hydroxyl groups excluding tert-OH is 1. The third-order valence-corrected chi connectivity index (χ3v) is 2.00. The van der Waals surface area contributed by atoms with Gasteiger partial charge in [-0.1, -0.05) is 6.07 Å².